The van der Waals surface area contributed by atoms with Crippen molar-refractivity contribution < 1.29 is 28.6 Å². The van der Waals surface area contributed by atoms with Crippen LogP contribution in [-0.2, 0) is 28.6 Å². The Hall–Kier alpha value is -3.67. The average molecular weight is 960 g/mol. The Morgan fingerprint density at radius 1 is 0.304 bits per heavy atom. The molecule has 6 nitrogen and oxygen atoms in total. The molecule has 0 bridgehead atoms. The average Bonchev–Trinajstić information content (AvgIpc) is 3.35. The summed E-state index contributed by atoms with van der Waals surface area (Å²) >= 11 is 0. The van der Waals surface area contributed by atoms with E-state index in [1.54, 1.807) is 0 Å². The third-order valence-corrected chi connectivity index (χ3v) is 12.1. The van der Waals surface area contributed by atoms with Crippen molar-refractivity contribution in [3.8, 4) is 0 Å². The summed E-state index contributed by atoms with van der Waals surface area (Å²) in [5.74, 6) is -0.912. The van der Waals surface area contributed by atoms with Gasteiger partial charge in [-0.1, -0.05) is 246 Å². The maximum Gasteiger partial charge on any atom is 0.306 e. The van der Waals surface area contributed by atoms with Crippen LogP contribution in [0.1, 0.15) is 265 Å². The van der Waals surface area contributed by atoms with Gasteiger partial charge >= 0.3 is 17.9 Å². The first kappa shape index (κ1) is 65.3. The van der Waals surface area contributed by atoms with E-state index in [0.29, 0.717) is 19.3 Å². The molecule has 0 aliphatic rings. The van der Waals surface area contributed by atoms with Gasteiger partial charge in [0.05, 0.1) is 0 Å². The Morgan fingerprint density at radius 3 is 0.942 bits per heavy atom. The van der Waals surface area contributed by atoms with Gasteiger partial charge in [0.2, 0.25) is 0 Å². The van der Waals surface area contributed by atoms with Crippen LogP contribution in [0, 0.1) is 0 Å². The van der Waals surface area contributed by atoms with Gasteiger partial charge in [0, 0.05) is 19.3 Å². The maximum absolute atomic E-state index is 12.8. The second-order valence-electron chi connectivity index (χ2n) is 18.8. The number of ether oxygens (including phenoxy) is 3. The van der Waals surface area contributed by atoms with Crippen LogP contribution in [-0.4, -0.2) is 37.2 Å². The fraction of sp³-hybridized carbons (Fsp3) is 0.698. The maximum atomic E-state index is 12.8. The third-order valence-electron chi connectivity index (χ3n) is 12.1. The first-order chi connectivity index (χ1) is 34.0. The smallest absolute Gasteiger partial charge is 0.306 e. The second kappa shape index (κ2) is 56.9. The number of unbranched alkanes of at least 4 members (excludes halogenated alkanes) is 24. The number of rotatable bonds is 51. The van der Waals surface area contributed by atoms with E-state index in [4.69, 9.17) is 14.2 Å². The topological polar surface area (TPSA) is 78.9 Å². The van der Waals surface area contributed by atoms with Gasteiger partial charge < -0.3 is 14.2 Å². The Labute approximate surface area is 426 Å². The quantitative estimate of drug-likeness (QED) is 0.0262. The van der Waals surface area contributed by atoms with Crippen molar-refractivity contribution in [2.45, 2.75) is 271 Å². The standard InChI is InChI=1S/C63H106O6/c1-4-7-10-13-16-19-22-24-25-26-27-28-29-30-31-32-33-34-35-36-37-39-41-44-47-50-53-56-62(65)68-59-60(58-67-61(64)55-52-49-46-43-40-21-18-15-12-9-6-3)69-63(66)57-54-51-48-45-42-38-23-20-17-14-11-8-5-2/h7,10,15-16,18-19,24-25,27-28,30-31,33-34,36-37,60H,4-6,8-9,11-14,17,20-23,26,29,32,35,38-59H2,1-3H3/b10-7-,18-15-,19-16-,25-24-,28-27-,31-30-,34-33-,37-36-. The zero-order valence-corrected chi connectivity index (χ0v) is 45.0. The predicted molar refractivity (Wildman–Crippen MR) is 297 cm³/mol. The highest BCUT2D eigenvalue weighted by Crippen LogP contribution is 2.15. The van der Waals surface area contributed by atoms with Gasteiger partial charge in [-0.05, 0) is 96.3 Å². The summed E-state index contributed by atoms with van der Waals surface area (Å²) in [7, 11) is 0. The molecule has 0 saturated carbocycles. The molecule has 0 aliphatic carbocycles. The van der Waals surface area contributed by atoms with Gasteiger partial charge in [0.25, 0.3) is 0 Å². The van der Waals surface area contributed by atoms with Crippen LogP contribution in [0.5, 0.6) is 0 Å². The van der Waals surface area contributed by atoms with E-state index >= 15 is 0 Å². The molecule has 0 aromatic carbocycles. The summed E-state index contributed by atoms with van der Waals surface area (Å²) in [5.41, 5.74) is 0. The molecule has 0 spiro atoms. The van der Waals surface area contributed by atoms with Crippen molar-refractivity contribution in [1.29, 1.82) is 0 Å². The number of hydrogen-bond donors (Lipinski definition) is 0. The van der Waals surface area contributed by atoms with Crippen LogP contribution in [0.4, 0.5) is 0 Å². The van der Waals surface area contributed by atoms with Crippen molar-refractivity contribution in [2.24, 2.45) is 0 Å². The molecular weight excluding hydrogens is 853 g/mol. The highest BCUT2D eigenvalue weighted by atomic mass is 16.6. The largest absolute Gasteiger partial charge is 0.462 e. The number of carbonyl (C=O) groups excluding carboxylic acids is 3. The Bertz CT molecular complexity index is 1380. The zero-order valence-electron chi connectivity index (χ0n) is 45.0. The number of esters is 3. The lowest BCUT2D eigenvalue weighted by Gasteiger charge is -2.18. The van der Waals surface area contributed by atoms with Gasteiger partial charge in [0.15, 0.2) is 6.10 Å². The lowest BCUT2D eigenvalue weighted by Crippen LogP contribution is -2.30. The van der Waals surface area contributed by atoms with Gasteiger partial charge in [-0.3, -0.25) is 14.4 Å². The molecule has 0 rings (SSSR count). The minimum Gasteiger partial charge on any atom is -0.462 e. The molecule has 0 aromatic rings. The second-order valence-corrected chi connectivity index (χ2v) is 18.8. The van der Waals surface area contributed by atoms with Crippen molar-refractivity contribution in [3.63, 3.8) is 0 Å². The van der Waals surface area contributed by atoms with Crippen molar-refractivity contribution in [1.82, 2.24) is 0 Å². The molecule has 0 aliphatic heterocycles. The molecular formula is C63H106O6. The molecule has 0 aromatic heterocycles. The predicted octanol–water partition coefficient (Wildman–Crippen LogP) is 19.3. The Kier molecular flexibility index (Phi) is 53.9. The molecule has 6 heteroatoms. The Morgan fingerprint density at radius 2 is 0.580 bits per heavy atom. The van der Waals surface area contributed by atoms with E-state index in [2.05, 4.69) is 118 Å². The highest BCUT2D eigenvalue weighted by Gasteiger charge is 2.19. The van der Waals surface area contributed by atoms with Gasteiger partial charge in [0.1, 0.15) is 13.2 Å². The SMILES string of the molecule is CC/C=C\C/C=C\C/C=C\C/C=C\C/C=C\C/C=C\C/C=C\CCCCCCCC(=O)OCC(COC(=O)CCCCCCC/C=C\CCCC)OC(=O)CCCCCCCCCCCCCCC. The monoisotopic (exact) mass is 959 g/mol. The molecule has 0 heterocycles. The molecule has 69 heavy (non-hydrogen) atoms. The zero-order chi connectivity index (χ0) is 50.0. The van der Waals surface area contributed by atoms with Crippen molar-refractivity contribution in [2.75, 3.05) is 13.2 Å². The first-order valence-electron chi connectivity index (χ1n) is 28.7. The first-order valence-corrected chi connectivity index (χ1v) is 28.7. The molecule has 1 atom stereocenters. The summed E-state index contributed by atoms with van der Waals surface area (Å²) in [4.78, 5) is 38.0. The number of carbonyl (C=O) groups is 3. The molecule has 1 unspecified atom stereocenters. The lowest BCUT2D eigenvalue weighted by molar-refractivity contribution is -0.167. The summed E-state index contributed by atoms with van der Waals surface area (Å²) in [6.45, 7) is 6.47. The summed E-state index contributed by atoms with van der Waals surface area (Å²) in [5, 5.41) is 0. The van der Waals surface area contributed by atoms with Crippen LogP contribution >= 0.6 is 0 Å². The van der Waals surface area contributed by atoms with Crippen molar-refractivity contribution in [3.05, 3.63) is 97.2 Å². The van der Waals surface area contributed by atoms with E-state index in [1.165, 1.54) is 96.3 Å². The molecule has 0 amide bonds. The van der Waals surface area contributed by atoms with Gasteiger partial charge in [-0.25, -0.2) is 0 Å². The molecule has 0 fully saturated rings. The molecule has 394 valence electrons. The van der Waals surface area contributed by atoms with Gasteiger partial charge in [-0.2, -0.15) is 0 Å². The molecule has 0 radical (unpaired) electrons. The fourth-order valence-electron chi connectivity index (χ4n) is 7.76. The van der Waals surface area contributed by atoms with E-state index in [0.717, 1.165) is 128 Å². The van der Waals surface area contributed by atoms with Crippen LogP contribution in [0.2, 0.25) is 0 Å². The minimum atomic E-state index is -0.787. The minimum absolute atomic E-state index is 0.0866. The van der Waals surface area contributed by atoms with Crippen molar-refractivity contribution >= 4 is 17.9 Å². The van der Waals surface area contributed by atoms with Crippen LogP contribution in [0.25, 0.3) is 0 Å². The number of hydrogen-bond acceptors (Lipinski definition) is 6. The normalized spacial score (nSPS) is 12.8. The lowest BCUT2D eigenvalue weighted by atomic mass is 10.0. The highest BCUT2D eigenvalue weighted by molar-refractivity contribution is 5.71. The van der Waals surface area contributed by atoms with Gasteiger partial charge in [-0.15, -0.1) is 0 Å². The summed E-state index contributed by atoms with van der Waals surface area (Å²) in [6.07, 6.45) is 75.4. The Balaban J connectivity index is 4.31. The fourth-order valence-corrected chi connectivity index (χ4v) is 7.76. The summed E-state index contributed by atoms with van der Waals surface area (Å²) < 4.78 is 16.8. The number of allylic oxidation sites excluding steroid dienone is 16. The van der Waals surface area contributed by atoms with Crippen LogP contribution in [0.3, 0.4) is 0 Å². The van der Waals surface area contributed by atoms with Crippen LogP contribution in [0.15, 0.2) is 97.2 Å². The molecule has 0 N–H and O–H groups in total. The summed E-state index contributed by atoms with van der Waals surface area (Å²) in [6, 6.07) is 0. The van der Waals surface area contributed by atoms with E-state index in [-0.39, 0.29) is 31.1 Å². The van der Waals surface area contributed by atoms with E-state index < -0.39 is 6.10 Å². The van der Waals surface area contributed by atoms with E-state index in [9.17, 15) is 14.4 Å². The van der Waals surface area contributed by atoms with E-state index in [1.807, 2.05) is 0 Å². The molecule has 0 saturated heterocycles. The van der Waals surface area contributed by atoms with Crippen LogP contribution < -0.4 is 0 Å². The third kappa shape index (κ3) is 55.1.